The van der Waals surface area contributed by atoms with Gasteiger partial charge < -0.3 is 10.6 Å². The fraction of sp³-hybridized carbons (Fsp3) is 0.500. The zero-order chi connectivity index (χ0) is 14.8. The summed E-state index contributed by atoms with van der Waals surface area (Å²) in [6.07, 6.45) is -0.696. The van der Waals surface area contributed by atoms with E-state index in [1.54, 1.807) is 4.90 Å². The van der Waals surface area contributed by atoms with Crippen LogP contribution in [0.25, 0.3) is 0 Å². The highest BCUT2D eigenvalue weighted by molar-refractivity contribution is 5.99. The molecular weight excluding hydrogens is 269 g/mol. The lowest BCUT2D eigenvalue weighted by atomic mass is 10.1. The third kappa shape index (κ3) is 3.05. The SMILES string of the molecule is Nc1c(C(=O)N2CCCCCC2)cccc1C(F)(F)F. The van der Waals surface area contributed by atoms with Crippen LogP contribution in [0.5, 0.6) is 0 Å². The van der Waals surface area contributed by atoms with E-state index in [9.17, 15) is 18.0 Å². The predicted molar refractivity (Wildman–Crippen MR) is 70.2 cm³/mol. The first-order valence-corrected chi connectivity index (χ1v) is 6.66. The van der Waals surface area contributed by atoms with Crippen molar-refractivity contribution in [1.29, 1.82) is 0 Å². The van der Waals surface area contributed by atoms with Gasteiger partial charge in [-0.1, -0.05) is 18.9 Å². The molecule has 6 heteroatoms. The zero-order valence-corrected chi connectivity index (χ0v) is 11.0. The molecule has 2 rings (SSSR count). The van der Waals surface area contributed by atoms with Gasteiger partial charge in [-0.2, -0.15) is 13.2 Å². The number of amides is 1. The van der Waals surface area contributed by atoms with Gasteiger partial charge in [-0.05, 0) is 25.0 Å². The van der Waals surface area contributed by atoms with Crippen LogP contribution in [0.4, 0.5) is 18.9 Å². The van der Waals surface area contributed by atoms with Gasteiger partial charge in [-0.15, -0.1) is 0 Å². The topological polar surface area (TPSA) is 46.3 Å². The highest BCUT2D eigenvalue weighted by Crippen LogP contribution is 2.35. The maximum absolute atomic E-state index is 12.8. The van der Waals surface area contributed by atoms with Crippen LogP contribution in [-0.4, -0.2) is 23.9 Å². The van der Waals surface area contributed by atoms with Crippen LogP contribution in [0.2, 0.25) is 0 Å². The summed E-state index contributed by atoms with van der Waals surface area (Å²) >= 11 is 0. The van der Waals surface area contributed by atoms with Gasteiger partial charge in [0.25, 0.3) is 5.91 Å². The standard InChI is InChI=1S/C14H17F3N2O/c15-14(16,17)11-7-5-6-10(12(11)18)13(20)19-8-3-1-2-4-9-19/h5-7H,1-4,8-9,18H2. The minimum absolute atomic E-state index is 0.0540. The smallest absolute Gasteiger partial charge is 0.398 e. The fourth-order valence-electron chi connectivity index (χ4n) is 2.44. The van der Waals surface area contributed by atoms with Crippen molar-refractivity contribution in [3.05, 3.63) is 29.3 Å². The number of rotatable bonds is 1. The van der Waals surface area contributed by atoms with Crippen molar-refractivity contribution < 1.29 is 18.0 Å². The molecule has 1 aromatic rings. The second-order valence-corrected chi connectivity index (χ2v) is 4.97. The van der Waals surface area contributed by atoms with E-state index in [2.05, 4.69) is 0 Å². The lowest BCUT2D eigenvalue weighted by molar-refractivity contribution is -0.136. The van der Waals surface area contributed by atoms with Gasteiger partial charge in [-0.3, -0.25) is 4.79 Å². The molecule has 1 aromatic carbocycles. The molecule has 0 aliphatic carbocycles. The first-order chi connectivity index (χ1) is 9.41. The second-order valence-electron chi connectivity index (χ2n) is 4.97. The summed E-state index contributed by atoms with van der Waals surface area (Å²) in [5, 5.41) is 0. The fourth-order valence-corrected chi connectivity index (χ4v) is 2.44. The molecule has 0 spiro atoms. The number of benzene rings is 1. The zero-order valence-electron chi connectivity index (χ0n) is 11.0. The van der Waals surface area contributed by atoms with Gasteiger partial charge >= 0.3 is 6.18 Å². The second kappa shape index (κ2) is 5.73. The van der Waals surface area contributed by atoms with Gasteiger partial charge in [0.1, 0.15) is 0 Å². The summed E-state index contributed by atoms with van der Waals surface area (Å²) in [5.41, 5.74) is 4.07. The number of nitrogens with zero attached hydrogens (tertiary/aromatic N) is 1. The summed E-state index contributed by atoms with van der Waals surface area (Å²) < 4.78 is 38.4. The van der Waals surface area contributed by atoms with E-state index in [1.807, 2.05) is 0 Å². The highest BCUT2D eigenvalue weighted by Gasteiger charge is 2.34. The molecule has 1 aliphatic rings. The molecule has 0 aromatic heterocycles. The molecule has 2 N–H and O–H groups in total. The van der Waals surface area contributed by atoms with E-state index in [0.717, 1.165) is 31.7 Å². The van der Waals surface area contributed by atoms with Crippen molar-refractivity contribution >= 4 is 11.6 Å². The van der Waals surface area contributed by atoms with E-state index in [-0.39, 0.29) is 5.56 Å². The Morgan fingerprint density at radius 3 is 2.25 bits per heavy atom. The van der Waals surface area contributed by atoms with Crippen molar-refractivity contribution in [2.75, 3.05) is 18.8 Å². The van der Waals surface area contributed by atoms with Gasteiger partial charge in [0, 0.05) is 13.1 Å². The Kier molecular flexibility index (Phi) is 4.20. The average molecular weight is 286 g/mol. The Morgan fingerprint density at radius 1 is 1.10 bits per heavy atom. The number of carbonyl (C=O) groups is 1. The van der Waals surface area contributed by atoms with Crippen LogP contribution in [0.1, 0.15) is 41.6 Å². The maximum atomic E-state index is 12.8. The van der Waals surface area contributed by atoms with Crippen molar-refractivity contribution in [3.63, 3.8) is 0 Å². The molecule has 1 amide bonds. The van der Waals surface area contributed by atoms with Crippen LogP contribution in [0.15, 0.2) is 18.2 Å². The molecule has 0 bridgehead atoms. The lowest BCUT2D eigenvalue weighted by Crippen LogP contribution is -2.32. The molecule has 1 aliphatic heterocycles. The number of halogens is 3. The molecular formula is C14H17F3N2O. The Morgan fingerprint density at radius 2 is 1.70 bits per heavy atom. The van der Waals surface area contributed by atoms with Gasteiger partial charge in [-0.25, -0.2) is 0 Å². The maximum Gasteiger partial charge on any atom is 0.418 e. The number of likely N-dealkylation sites (tertiary alicyclic amines) is 1. The number of hydrogen-bond donors (Lipinski definition) is 1. The number of nitrogens with two attached hydrogens (primary N) is 1. The summed E-state index contributed by atoms with van der Waals surface area (Å²) in [6.45, 7) is 1.16. The molecule has 1 heterocycles. The van der Waals surface area contributed by atoms with E-state index >= 15 is 0 Å². The molecule has 0 unspecified atom stereocenters. The molecule has 0 radical (unpaired) electrons. The van der Waals surface area contributed by atoms with Gasteiger partial charge in [0.05, 0.1) is 16.8 Å². The molecule has 110 valence electrons. The number of nitrogen functional groups attached to an aromatic ring is 1. The van der Waals surface area contributed by atoms with E-state index < -0.39 is 23.3 Å². The third-order valence-corrected chi connectivity index (χ3v) is 3.54. The molecule has 3 nitrogen and oxygen atoms in total. The van der Waals surface area contributed by atoms with Crippen molar-refractivity contribution in [3.8, 4) is 0 Å². The Hall–Kier alpha value is -1.72. The quantitative estimate of drug-likeness (QED) is 0.805. The van der Waals surface area contributed by atoms with E-state index in [0.29, 0.717) is 13.1 Å². The van der Waals surface area contributed by atoms with E-state index in [4.69, 9.17) is 5.73 Å². The number of anilines is 1. The van der Waals surface area contributed by atoms with Crippen LogP contribution >= 0.6 is 0 Å². The predicted octanol–water partition coefficient (Wildman–Crippen LogP) is 3.30. The largest absolute Gasteiger partial charge is 0.418 e. The number of alkyl halides is 3. The van der Waals surface area contributed by atoms with Crippen molar-refractivity contribution in [1.82, 2.24) is 4.90 Å². The normalized spacial score (nSPS) is 16.9. The van der Waals surface area contributed by atoms with Gasteiger partial charge in [0.15, 0.2) is 0 Å². The summed E-state index contributed by atoms with van der Waals surface area (Å²) in [7, 11) is 0. The lowest BCUT2D eigenvalue weighted by Gasteiger charge is -2.22. The van der Waals surface area contributed by atoms with Gasteiger partial charge in [0.2, 0.25) is 0 Å². The third-order valence-electron chi connectivity index (χ3n) is 3.54. The Bertz CT molecular complexity index is 492. The Labute approximate surface area is 115 Å². The first kappa shape index (κ1) is 14.7. The number of hydrogen-bond acceptors (Lipinski definition) is 2. The molecule has 20 heavy (non-hydrogen) atoms. The van der Waals surface area contributed by atoms with Crippen LogP contribution in [0.3, 0.4) is 0 Å². The van der Waals surface area contributed by atoms with Crippen molar-refractivity contribution in [2.45, 2.75) is 31.9 Å². The number of carbonyl (C=O) groups excluding carboxylic acids is 1. The van der Waals surface area contributed by atoms with Crippen LogP contribution in [0, 0.1) is 0 Å². The van der Waals surface area contributed by atoms with Crippen LogP contribution < -0.4 is 5.73 Å². The molecule has 1 fully saturated rings. The number of para-hydroxylation sites is 1. The minimum atomic E-state index is -4.54. The Balaban J connectivity index is 2.30. The van der Waals surface area contributed by atoms with Crippen molar-refractivity contribution in [2.24, 2.45) is 0 Å². The van der Waals surface area contributed by atoms with E-state index in [1.165, 1.54) is 12.1 Å². The molecule has 0 saturated carbocycles. The monoisotopic (exact) mass is 286 g/mol. The molecule has 0 atom stereocenters. The average Bonchev–Trinajstić information content (AvgIpc) is 2.65. The summed E-state index contributed by atoms with van der Waals surface area (Å²) in [6, 6.07) is 3.48. The molecule has 1 saturated heterocycles. The van der Waals surface area contributed by atoms with Crippen LogP contribution in [-0.2, 0) is 6.18 Å². The minimum Gasteiger partial charge on any atom is -0.398 e. The summed E-state index contributed by atoms with van der Waals surface area (Å²) in [4.78, 5) is 13.9. The highest BCUT2D eigenvalue weighted by atomic mass is 19.4. The first-order valence-electron chi connectivity index (χ1n) is 6.66. The summed E-state index contributed by atoms with van der Waals surface area (Å²) in [5.74, 6) is -0.407.